The van der Waals surface area contributed by atoms with E-state index in [4.69, 9.17) is 4.74 Å². The standard InChI is InChI=1S/C12H17OSi.3CH3.Sn/c1-14(2,3)11-7-10-13-12-8-5-4-6-9-12;;;;/h4-6,8-9,11H,10H2,1-3H3;3*1H3;. The van der Waals surface area contributed by atoms with Crippen LogP contribution >= 0.6 is 0 Å². The molecule has 0 spiro atoms. The summed E-state index contributed by atoms with van der Waals surface area (Å²) in [5, 5.41) is 0. The molecule has 0 saturated heterocycles. The van der Waals surface area contributed by atoms with Crippen LogP contribution in [0.1, 0.15) is 0 Å². The Morgan fingerprint density at radius 2 is 1.67 bits per heavy atom. The Labute approximate surface area is 117 Å². The third-order valence-electron chi connectivity index (χ3n) is 2.71. The molecule has 1 aromatic carbocycles. The Hall–Kier alpha value is -0.224. The van der Waals surface area contributed by atoms with Gasteiger partial charge in [-0.05, 0) is 0 Å². The molecule has 0 aliphatic rings. The molecular weight excluding hydrogens is 343 g/mol. The molecule has 1 nitrogen and oxygen atoms in total. The molecule has 0 aromatic heterocycles. The monoisotopic (exact) mass is 370 g/mol. The summed E-state index contributed by atoms with van der Waals surface area (Å²) in [6.07, 6.45) is 0. The summed E-state index contributed by atoms with van der Waals surface area (Å²) >= 11 is -2.02. The van der Waals surface area contributed by atoms with Gasteiger partial charge in [-0.1, -0.05) is 0 Å². The topological polar surface area (TPSA) is 9.23 Å². The molecule has 0 bridgehead atoms. The Balaban J connectivity index is 2.79. The molecule has 0 aliphatic carbocycles. The fraction of sp³-hybridized carbons (Fsp3) is 0.467. The molecule has 1 aromatic rings. The number of benzene rings is 1. The van der Waals surface area contributed by atoms with Gasteiger partial charge in [-0.25, -0.2) is 0 Å². The fourth-order valence-electron chi connectivity index (χ4n) is 1.68. The van der Waals surface area contributed by atoms with Crippen molar-refractivity contribution in [3.05, 3.63) is 39.6 Å². The molecule has 0 heterocycles. The average molecular weight is 369 g/mol. The maximum atomic E-state index is 5.95. The summed E-state index contributed by atoms with van der Waals surface area (Å²) in [5.74, 6) is 0.981. The molecule has 0 fully saturated rings. The zero-order valence-corrected chi connectivity index (χ0v) is 16.4. The fourth-order valence-corrected chi connectivity index (χ4v) is 12.1. The van der Waals surface area contributed by atoms with E-state index in [1.54, 1.807) is 3.59 Å². The summed E-state index contributed by atoms with van der Waals surface area (Å²) in [6.45, 7) is 7.97. The molecule has 18 heavy (non-hydrogen) atoms. The maximum absolute atomic E-state index is 5.95. The van der Waals surface area contributed by atoms with Crippen LogP contribution in [0.2, 0.25) is 34.5 Å². The van der Waals surface area contributed by atoms with Gasteiger partial charge in [0.05, 0.1) is 0 Å². The van der Waals surface area contributed by atoms with Crippen LogP contribution in [0, 0.1) is 0 Å². The second-order valence-corrected chi connectivity index (χ2v) is 26.6. The van der Waals surface area contributed by atoms with Gasteiger partial charge in [-0.3, -0.25) is 0 Å². The van der Waals surface area contributed by atoms with Crippen LogP contribution < -0.4 is 4.74 Å². The van der Waals surface area contributed by atoms with Gasteiger partial charge in [0.1, 0.15) is 0 Å². The minimum absolute atomic E-state index is 0.786. The molecule has 0 N–H and O–H groups in total. The number of para-hydroxylation sites is 1. The minimum atomic E-state index is -2.02. The zero-order valence-electron chi connectivity index (χ0n) is 12.6. The molecule has 1 rings (SSSR count). The normalized spacial score (nSPS) is 13.6. The van der Waals surface area contributed by atoms with Crippen molar-refractivity contribution in [1.82, 2.24) is 0 Å². The third kappa shape index (κ3) is 6.09. The van der Waals surface area contributed by atoms with Gasteiger partial charge in [0.2, 0.25) is 0 Å². The molecule has 0 radical (unpaired) electrons. The summed E-state index contributed by atoms with van der Waals surface area (Å²) in [6, 6.07) is 10.1. The van der Waals surface area contributed by atoms with Crippen molar-refractivity contribution in [1.29, 1.82) is 0 Å². The molecule has 0 unspecified atom stereocenters. The van der Waals surface area contributed by atoms with Crippen LogP contribution in [-0.2, 0) is 0 Å². The van der Waals surface area contributed by atoms with E-state index in [1.807, 2.05) is 30.3 Å². The van der Waals surface area contributed by atoms with E-state index in [-0.39, 0.29) is 0 Å². The molecular formula is C15H26OSiSn. The van der Waals surface area contributed by atoms with E-state index in [9.17, 15) is 0 Å². The van der Waals surface area contributed by atoms with Crippen molar-refractivity contribution in [2.45, 2.75) is 34.5 Å². The summed E-state index contributed by atoms with van der Waals surface area (Å²) in [7, 11) is -1.16. The van der Waals surface area contributed by atoms with E-state index in [0.717, 1.165) is 12.4 Å². The average Bonchev–Trinajstić information content (AvgIpc) is 2.22. The Kier molecular flexibility index (Phi) is 5.53. The molecule has 0 atom stereocenters. The first kappa shape index (κ1) is 15.8. The second-order valence-electron chi connectivity index (χ2n) is 6.89. The van der Waals surface area contributed by atoms with Gasteiger partial charge in [0.15, 0.2) is 0 Å². The Bertz CT molecular complexity index is 399. The zero-order chi connectivity index (χ0) is 13.8. The second kappa shape index (κ2) is 6.28. The van der Waals surface area contributed by atoms with Crippen LogP contribution in [0.3, 0.4) is 0 Å². The van der Waals surface area contributed by atoms with Crippen LogP contribution in [0.25, 0.3) is 0 Å². The molecule has 0 saturated carbocycles. The molecule has 3 heteroatoms. The van der Waals surface area contributed by atoms with Crippen molar-refractivity contribution in [2.24, 2.45) is 0 Å². The van der Waals surface area contributed by atoms with Gasteiger partial charge < -0.3 is 0 Å². The van der Waals surface area contributed by atoms with Gasteiger partial charge in [0, 0.05) is 0 Å². The SMILES string of the molecule is C[Si](C)(C)/C=[C](/COc1ccccc1)[Sn]([CH3])([CH3])[CH3]. The van der Waals surface area contributed by atoms with E-state index < -0.39 is 26.5 Å². The molecule has 100 valence electrons. The van der Waals surface area contributed by atoms with Crippen LogP contribution in [0.5, 0.6) is 5.75 Å². The van der Waals surface area contributed by atoms with Gasteiger partial charge in [-0.2, -0.15) is 0 Å². The van der Waals surface area contributed by atoms with Crippen LogP contribution in [0.15, 0.2) is 39.6 Å². The first-order valence-electron chi connectivity index (χ1n) is 6.58. The van der Waals surface area contributed by atoms with Gasteiger partial charge >= 0.3 is 118 Å². The molecule has 0 aliphatic heterocycles. The number of hydrogen-bond acceptors (Lipinski definition) is 1. The quantitative estimate of drug-likeness (QED) is 0.681. The Morgan fingerprint density at radius 1 is 1.11 bits per heavy atom. The van der Waals surface area contributed by atoms with Crippen LogP contribution in [0.4, 0.5) is 0 Å². The summed E-state index contributed by atoms with van der Waals surface area (Å²) in [4.78, 5) is 7.40. The van der Waals surface area contributed by atoms with Crippen molar-refractivity contribution in [2.75, 3.05) is 6.61 Å². The van der Waals surface area contributed by atoms with Gasteiger partial charge in [0.25, 0.3) is 0 Å². The first-order chi connectivity index (χ1) is 8.18. The van der Waals surface area contributed by atoms with E-state index in [2.05, 4.69) is 40.2 Å². The molecule has 0 amide bonds. The van der Waals surface area contributed by atoms with Gasteiger partial charge in [-0.15, -0.1) is 0 Å². The number of ether oxygens (including phenoxy) is 1. The predicted octanol–water partition coefficient (Wildman–Crippen LogP) is 4.75. The van der Waals surface area contributed by atoms with Crippen molar-refractivity contribution < 1.29 is 4.74 Å². The van der Waals surface area contributed by atoms with Crippen molar-refractivity contribution >= 4 is 26.5 Å². The van der Waals surface area contributed by atoms with E-state index in [1.165, 1.54) is 0 Å². The van der Waals surface area contributed by atoms with Crippen LogP contribution in [-0.4, -0.2) is 33.1 Å². The third-order valence-corrected chi connectivity index (χ3v) is 11.1. The summed E-state index contributed by atoms with van der Waals surface area (Å²) in [5.41, 5.74) is 2.56. The van der Waals surface area contributed by atoms with E-state index >= 15 is 0 Å². The first-order valence-corrected chi connectivity index (χ1v) is 20.2. The van der Waals surface area contributed by atoms with Crippen molar-refractivity contribution in [3.63, 3.8) is 0 Å². The summed E-state index contributed by atoms with van der Waals surface area (Å²) < 4.78 is 7.56. The van der Waals surface area contributed by atoms with E-state index in [0.29, 0.717) is 0 Å². The predicted molar refractivity (Wildman–Crippen MR) is 86.7 cm³/mol. The Morgan fingerprint density at radius 3 is 2.11 bits per heavy atom. The number of rotatable bonds is 5. The number of hydrogen-bond donors (Lipinski definition) is 0. The van der Waals surface area contributed by atoms with Crippen molar-refractivity contribution in [3.8, 4) is 5.75 Å².